The summed E-state index contributed by atoms with van der Waals surface area (Å²) in [7, 11) is 0. The molecule has 0 fully saturated rings. The summed E-state index contributed by atoms with van der Waals surface area (Å²) in [5.74, 6) is -0.235. The summed E-state index contributed by atoms with van der Waals surface area (Å²) < 4.78 is 10.2. The van der Waals surface area contributed by atoms with Gasteiger partial charge in [0, 0.05) is 11.1 Å². The fourth-order valence-electron chi connectivity index (χ4n) is 3.68. The highest BCUT2D eigenvalue weighted by Crippen LogP contribution is 2.21. The second kappa shape index (κ2) is 11.2. The molecule has 2 atom stereocenters. The zero-order valence-corrected chi connectivity index (χ0v) is 16.4. The molecular weight excluding hydrogens is 328 g/mol. The van der Waals surface area contributed by atoms with Crippen LogP contribution in [0.4, 0.5) is 0 Å². The first kappa shape index (κ1) is 20.7. The fraction of sp³-hybridized carbons (Fsp3) is 0.727. The van der Waals surface area contributed by atoms with Gasteiger partial charge in [0.2, 0.25) is 0 Å². The molecule has 0 aromatic carbocycles. The molecule has 146 valence electrons. The average Bonchev–Trinajstić information content (AvgIpc) is 3.08. The lowest BCUT2D eigenvalue weighted by Crippen LogP contribution is -2.03. The van der Waals surface area contributed by atoms with E-state index in [4.69, 9.17) is 9.47 Å². The van der Waals surface area contributed by atoms with Crippen LogP contribution in [0.1, 0.15) is 90.9 Å². The molecular formula is C22H34O4. The van der Waals surface area contributed by atoms with Gasteiger partial charge in [-0.05, 0) is 51.7 Å². The monoisotopic (exact) mass is 362 g/mol. The highest BCUT2D eigenvalue weighted by molar-refractivity contribution is 5.91. The van der Waals surface area contributed by atoms with Gasteiger partial charge >= 0.3 is 11.9 Å². The van der Waals surface area contributed by atoms with Crippen LogP contribution in [0.3, 0.4) is 0 Å². The van der Waals surface area contributed by atoms with E-state index < -0.39 is 0 Å². The molecule has 0 spiro atoms. The van der Waals surface area contributed by atoms with E-state index >= 15 is 0 Å². The molecule has 2 heterocycles. The Balaban J connectivity index is 1.34. The third kappa shape index (κ3) is 7.35. The molecule has 4 nitrogen and oxygen atoms in total. The van der Waals surface area contributed by atoms with Gasteiger partial charge in [-0.25, -0.2) is 9.59 Å². The third-order valence-electron chi connectivity index (χ3n) is 5.12. The van der Waals surface area contributed by atoms with Gasteiger partial charge in [-0.3, -0.25) is 0 Å². The van der Waals surface area contributed by atoms with Crippen molar-refractivity contribution in [2.75, 3.05) is 0 Å². The van der Waals surface area contributed by atoms with Crippen LogP contribution in [0.15, 0.2) is 23.3 Å². The van der Waals surface area contributed by atoms with E-state index in [1.54, 1.807) is 0 Å². The minimum absolute atomic E-state index is 0.0372. The van der Waals surface area contributed by atoms with Gasteiger partial charge in [-0.15, -0.1) is 0 Å². The van der Waals surface area contributed by atoms with Crippen LogP contribution in [0.5, 0.6) is 0 Å². The number of carbonyl (C=O) groups is 2. The molecule has 2 rings (SSSR count). The summed E-state index contributed by atoms with van der Waals surface area (Å²) in [6.45, 7) is 3.82. The van der Waals surface area contributed by atoms with Crippen LogP contribution < -0.4 is 0 Å². The maximum absolute atomic E-state index is 11.5. The molecule has 26 heavy (non-hydrogen) atoms. The molecule has 0 radical (unpaired) electrons. The van der Waals surface area contributed by atoms with Crippen molar-refractivity contribution in [2.24, 2.45) is 0 Å². The van der Waals surface area contributed by atoms with Crippen molar-refractivity contribution >= 4 is 11.9 Å². The number of hydrogen-bond acceptors (Lipinski definition) is 4. The zero-order chi connectivity index (χ0) is 18.8. The van der Waals surface area contributed by atoms with Crippen molar-refractivity contribution in [3.63, 3.8) is 0 Å². The molecule has 0 unspecified atom stereocenters. The Hall–Kier alpha value is -1.58. The predicted octanol–water partition coefficient (Wildman–Crippen LogP) is 5.41. The lowest BCUT2D eigenvalue weighted by molar-refractivity contribution is -0.140. The van der Waals surface area contributed by atoms with Crippen molar-refractivity contribution in [2.45, 2.75) is 103 Å². The standard InChI is InChI=1S/C22H34O4/c1-17-15-19(21(23)25-17)13-11-9-7-5-3-4-6-8-10-12-14-20-16-18(2)26-22(20)24/h15-18H,3-14H2,1-2H3/t17-,18-/m0/s1. The summed E-state index contributed by atoms with van der Waals surface area (Å²) in [6, 6.07) is 0. The minimum atomic E-state index is -0.117. The van der Waals surface area contributed by atoms with Crippen LogP contribution >= 0.6 is 0 Å². The van der Waals surface area contributed by atoms with Gasteiger partial charge in [-0.2, -0.15) is 0 Å². The number of carbonyl (C=O) groups excluding carboxylic acids is 2. The van der Waals surface area contributed by atoms with Gasteiger partial charge < -0.3 is 9.47 Å². The van der Waals surface area contributed by atoms with E-state index in [2.05, 4.69) is 0 Å². The third-order valence-corrected chi connectivity index (χ3v) is 5.12. The first-order valence-electron chi connectivity index (χ1n) is 10.4. The van der Waals surface area contributed by atoms with E-state index in [0.717, 1.165) is 36.8 Å². The van der Waals surface area contributed by atoms with E-state index in [-0.39, 0.29) is 24.1 Å². The Kier molecular flexibility index (Phi) is 8.93. The van der Waals surface area contributed by atoms with E-state index in [9.17, 15) is 9.59 Å². The van der Waals surface area contributed by atoms with Gasteiger partial charge in [0.15, 0.2) is 0 Å². The topological polar surface area (TPSA) is 52.6 Å². The second-order valence-electron chi connectivity index (χ2n) is 7.64. The van der Waals surface area contributed by atoms with E-state index in [1.165, 1.54) is 51.4 Å². The Morgan fingerprint density at radius 2 is 0.923 bits per heavy atom. The number of ether oxygens (including phenoxy) is 2. The van der Waals surface area contributed by atoms with Crippen molar-refractivity contribution in [3.8, 4) is 0 Å². The molecule has 0 bridgehead atoms. The molecule has 0 saturated heterocycles. The number of cyclic esters (lactones) is 2. The summed E-state index contributed by atoms with van der Waals surface area (Å²) in [5.41, 5.74) is 1.74. The molecule has 0 aromatic heterocycles. The summed E-state index contributed by atoms with van der Waals surface area (Å²) >= 11 is 0. The van der Waals surface area contributed by atoms with Gasteiger partial charge in [0.25, 0.3) is 0 Å². The molecule has 0 N–H and O–H groups in total. The Bertz CT molecular complexity index is 484. The second-order valence-corrected chi connectivity index (χ2v) is 7.64. The van der Waals surface area contributed by atoms with Crippen molar-refractivity contribution in [3.05, 3.63) is 23.3 Å². The summed E-state index contributed by atoms with van der Waals surface area (Å²) in [6.07, 6.45) is 17.8. The van der Waals surface area contributed by atoms with Gasteiger partial charge in [0.05, 0.1) is 0 Å². The molecule has 2 aliphatic rings. The number of rotatable bonds is 13. The number of esters is 2. The molecule has 0 aromatic rings. The van der Waals surface area contributed by atoms with Gasteiger partial charge in [0.1, 0.15) is 12.2 Å². The zero-order valence-electron chi connectivity index (χ0n) is 16.4. The Morgan fingerprint density at radius 3 is 1.19 bits per heavy atom. The van der Waals surface area contributed by atoms with Crippen molar-refractivity contribution < 1.29 is 19.1 Å². The Morgan fingerprint density at radius 1 is 0.615 bits per heavy atom. The highest BCUT2D eigenvalue weighted by Gasteiger charge is 2.21. The maximum atomic E-state index is 11.5. The van der Waals surface area contributed by atoms with Crippen LogP contribution in [-0.2, 0) is 19.1 Å². The highest BCUT2D eigenvalue weighted by atomic mass is 16.6. The first-order valence-corrected chi connectivity index (χ1v) is 10.4. The lowest BCUT2D eigenvalue weighted by Gasteiger charge is -2.03. The molecule has 0 saturated carbocycles. The average molecular weight is 363 g/mol. The van der Waals surface area contributed by atoms with Crippen LogP contribution in [0.25, 0.3) is 0 Å². The fourth-order valence-corrected chi connectivity index (χ4v) is 3.68. The SMILES string of the molecule is C[C@H]1C=C(CCCCCCCCCCCCC2=C[C@H](C)OC2=O)C(=O)O1. The lowest BCUT2D eigenvalue weighted by atomic mass is 10.0. The summed E-state index contributed by atoms with van der Waals surface area (Å²) in [4.78, 5) is 23.0. The summed E-state index contributed by atoms with van der Waals surface area (Å²) in [5, 5.41) is 0. The minimum Gasteiger partial charge on any atom is -0.455 e. The number of unbranched alkanes of at least 4 members (excludes halogenated alkanes) is 9. The van der Waals surface area contributed by atoms with Crippen LogP contribution in [0.2, 0.25) is 0 Å². The largest absolute Gasteiger partial charge is 0.455 e. The van der Waals surface area contributed by atoms with Gasteiger partial charge in [-0.1, -0.05) is 51.4 Å². The normalized spacial score (nSPS) is 22.2. The predicted molar refractivity (Wildman–Crippen MR) is 103 cm³/mol. The van der Waals surface area contributed by atoms with Crippen LogP contribution in [0, 0.1) is 0 Å². The Labute approximate surface area is 158 Å². The van der Waals surface area contributed by atoms with E-state index in [0.29, 0.717) is 0 Å². The van der Waals surface area contributed by atoms with Crippen LogP contribution in [-0.4, -0.2) is 24.1 Å². The molecule has 0 amide bonds. The molecule has 0 aliphatic carbocycles. The number of hydrogen-bond donors (Lipinski definition) is 0. The first-order chi connectivity index (χ1) is 12.6. The maximum Gasteiger partial charge on any atom is 0.334 e. The smallest absolute Gasteiger partial charge is 0.334 e. The molecule has 2 aliphatic heterocycles. The van der Waals surface area contributed by atoms with E-state index in [1.807, 2.05) is 26.0 Å². The molecule has 4 heteroatoms. The van der Waals surface area contributed by atoms with Crippen molar-refractivity contribution in [1.29, 1.82) is 0 Å². The van der Waals surface area contributed by atoms with Crippen molar-refractivity contribution in [1.82, 2.24) is 0 Å². The quantitative estimate of drug-likeness (QED) is 0.325.